The third kappa shape index (κ3) is 2.96. The molecule has 0 amide bonds. The van der Waals surface area contributed by atoms with Crippen molar-refractivity contribution in [2.45, 2.75) is 33.3 Å². The average Bonchev–Trinajstić information content (AvgIpc) is 3.48. The van der Waals surface area contributed by atoms with E-state index in [4.69, 9.17) is 9.47 Å². The first-order valence-corrected chi connectivity index (χ1v) is 12.6. The highest BCUT2D eigenvalue weighted by molar-refractivity contribution is 6.07. The molecule has 0 bridgehead atoms. The number of esters is 1. The van der Waals surface area contributed by atoms with E-state index in [1.807, 2.05) is 24.3 Å². The van der Waals surface area contributed by atoms with Crippen molar-refractivity contribution < 1.29 is 14.3 Å². The summed E-state index contributed by atoms with van der Waals surface area (Å²) >= 11 is 0. The van der Waals surface area contributed by atoms with Gasteiger partial charge in [-0.1, -0.05) is 6.07 Å². The third-order valence-electron chi connectivity index (χ3n) is 7.48. The molecule has 0 saturated heterocycles. The van der Waals surface area contributed by atoms with E-state index in [9.17, 15) is 4.79 Å². The van der Waals surface area contributed by atoms with Gasteiger partial charge in [0, 0.05) is 66.4 Å². The maximum absolute atomic E-state index is 13.4. The van der Waals surface area contributed by atoms with Gasteiger partial charge in [-0.25, -0.2) is 4.79 Å². The number of aromatic amines is 1. The molecular weight excluding hydrogens is 454 g/mol. The molecule has 3 heterocycles. The molecule has 36 heavy (non-hydrogen) atoms. The zero-order valence-corrected chi connectivity index (χ0v) is 21.0. The number of aromatic nitrogens is 3. The number of carbonyl (C=O) groups excluding carboxylic acids is 1. The van der Waals surface area contributed by atoms with Crippen LogP contribution in [-0.4, -0.2) is 47.6 Å². The monoisotopic (exact) mass is 483 g/mol. The zero-order chi connectivity index (χ0) is 25.0. The highest BCUT2D eigenvalue weighted by atomic mass is 16.6. The lowest BCUT2D eigenvalue weighted by Gasteiger charge is -2.37. The number of fused-ring (bicyclic) bond motifs is 8. The van der Waals surface area contributed by atoms with Crippen LogP contribution in [0.15, 0.2) is 48.5 Å². The normalized spacial score (nSPS) is 14.7. The quantitative estimate of drug-likeness (QED) is 0.377. The van der Waals surface area contributed by atoms with Crippen molar-refractivity contribution in [2.75, 3.05) is 36.0 Å². The van der Waals surface area contributed by atoms with Crippen molar-refractivity contribution in [3.63, 3.8) is 0 Å². The lowest BCUT2D eigenvalue weighted by molar-refractivity contribution is 0.0225. The van der Waals surface area contributed by atoms with Gasteiger partial charge in [-0.2, -0.15) is 15.4 Å². The molecule has 184 valence electrons. The van der Waals surface area contributed by atoms with Gasteiger partial charge < -0.3 is 19.3 Å². The molecule has 1 spiro atoms. The number of rotatable bonds is 6. The van der Waals surface area contributed by atoms with Gasteiger partial charge >= 0.3 is 5.97 Å². The van der Waals surface area contributed by atoms with Crippen molar-refractivity contribution >= 4 is 28.4 Å². The van der Waals surface area contributed by atoms with Crippen molar-refractivity contribution in [3.05, 3.63) is 70.8 Å². The van der Waals surface area contributed by atoms with Crippen LogP contribution in [0.3, 0.4) is 0 Å². The SMILES string of the molecule is CCN(CC)c1ccc2c(c1)Oc1cc(N(CC)CC)ccc1C21OC(=O)c2c1ccc1n[nH]nc21. The topological polar surface area (TPSA) is 83.6 Å². The molecule has 6 rings (SSSR count). The molecule has 0 radical (unpaired) electrons. The standard InChI is InChI=1S/C28H29N5O3/c1-5-32(6-2)17-9-11-19-23(15-17)35-24-16-18(33(7-3)8-4)10-12-20(24)28(19)21-13-14-22-26(30-31-29-22)25(21)27(34)36-28/h9-16H,5-8H2,1-4H3,(H,29,30,31). The summed E-state index contributed by atoms with van der Waals surface area (Å²) in [5, 5.41) is 11.1. The highest BCUT2D eigenvalue weighted by Crippen LogP contribution is 2.57. The van der Waals surface area contributed by atoms with Crippen molar-refractivity contribution in [1.29, 1.82) is 0 Å². The number of carbonyl (C=O) groups is 1. The first-order valence-electron chi connectivity index (χ1n) is 12.6. The molecule has 1 N–H and O–H groups in total. The Hall–Kier alpha value is -4.07. The Morgan fingerprint density at radius 2 is 1.33 bits per heavy atom. The fraction of sp³-hybridized carbons (Fsp3) is 0.321. The van der Waals surface area contributed by atoms with Crippen LogP contribution in [-0.2, 0) is 10.3 Å². The van der Waals surface area contributed by atoms with Gasteiger partial charge in [0.1, 0.15) is 22.5 Å². The van der Waals surface area contributed by atoms with Crippen LogP contribution >= 0.6 is 0 Å². The van der Waals surface area contributed by atoms with Crippen molar-refractivity contribution in [2.24, 2.45) is 0 Å². The van der Waals surface area contributed by atoms with Gasteiger partial charge in [0.05, 0.1) is 5.56 Å². The Kier molecular flexibility index (Phi) is 5.14. The molecule has 0 aliphatic carbocycles. The predicted molar refractivity (Wildman–Crippen MR) is 139 cm³/mol. The van der Waals surface area contributed by atoms with Gasteiger partial charge in [0.2, 0.25) is 0 Å². The van der Waals surface area contributed by atoms with E-state index in [0.717, 1.165) is 54.2 Å². The summed E-state index contributed by atoms with van der Waals surface area (Å²) in [7, 11) is 0. The molecule has 3 aromatic carbocycles. The van der Waals surface area contributed by atoms with E-state index in [-0.39, 0.29) is 0 Å². The van der Waals surface area contributed by atoms with Gasteiger partial charge in [0.15, 0.2) is 5.60 Å². The molecule has 0 fully saturated rings. The molecule has 0 atom stereocenters. The Balaban J connectivity index is 1.63. The molecule has 2 aliphatic rings. The summed E-state index contributed by atoms with van der Waals surface area (Å²) in [6, 6.07) is 16.1. The van der Waals surface area contributed by atoms with E-state index in [1.165, 1.54) is 0 Å². The number of anilines is 2. The minimum atomic E-state index is -1.13. The fourth-order valence-electron chi connectivity index (χ4n) is 5.66. The smallest absolute Gasteiger partial charge is 0.342 e. The molecule has 0 saturated carbocycles. The zero-order valence-electron chi connectivity index (χ0n) is 21.0. The second-order valence-electron chi connectivity index (χ2n) is 9.06. The van der Waals surface area contributed by atoms with E-state index < -0.39 is 11.6 Å². The summed E-state index contributed by atoms with van der Waals surface area (Å²) in [5.74, 6) is 0.956. The fourth-order valence-corrected chi connectivity index (χ4v) is 5.66. The van der Waals surface area contributed by atoms with E-state index in [1.54, 1.807) is 0 Å². The van der Waals surface area contributed by atoms with E-state index >= 15 is 0 Å². The van der Waals surface area contributed by atoms with E-state index in [2.05, 4.69) is 77.2 Å². The number of nitrogens with one attached hydrogen (secondary N) is 1. The number of benzene rings is 3. The second-order valence-corrected chi connectivity index (χ2v) is 9.06. The third-order valence-corrected chi connectivity index (χ3v) is 7.48. The molecule has 8 heteroatoms. The molecule has 2 aliphatic heterocycles. The lowest BCUT2D eigenvalue weighted by atomic mass is 9.77. The molecule has 0 unspecified atom stereocenters. The molecule has 4 aromatic rings. The summed E-state index contributed by atoms with van der Waals surface area (Å²) in [6.45, 7) is 12.1. The van der Waals surface area contributed by atoms with Gasteiger partial charge in [0.25, 0.3) is 0 Å². The maximum atomic E-state index is 13.4. The van der Waals surface area contributed by atoms with Crippen molar-refractivity contribution in [3.8, 4) is 11.5 Å². The molecule has 8 nitrogen and oxygen atoms in total. The minimum Gasteiger partial charge on any atom is -0.456 e. The van der Waals surface area contributed by atoms with Crippen LogP contribution < -0.4 is 14.5 Å². The summed E-state index contributed by atoms with van der Waals surface area (Å²) in [5.41, 5.74) is 4.95. The summed E-state index contributed by atoms with van der Waals surface area (Å²) in [4.78, 5) is 18.0. The number of H-pyrrole nitrogens is 1. The van der Waals surface area contributed by atoms with Gasteiger partial charge in [-0.15, -0.1) is 0 Å². The molecule has 1 aromatic heterocycles. The lowest BCUT2D eigenvalue weighted by Crippen LogP contribution is -2.33. The van der Waals surface area contributed by atoms with Crippen LogP contribution in [0.4, 0.5) is 11.4 Å². The summed E-state index contributed by atoms with van der Waals surface area (Å²) < 4.78 is 12.9. The van der Waals surface area contributed by atoms with Crippen LogP contribution in [0.5, 0.6) is 11.5 Å². The van der Waals surface area contributed by atoms with Crippen LogP contribution in [0.25, 0.3) is 11.0 Å². The largest absolute Gasteiger partial charge is 0.456 e. The predicted octanol–water partition coefficient (Wildman–Crippen LogP) is 5.22. The Bertz CT molecular complexity index is 1420. The Morgan fingerprint density at radius 3 is 1.89 bits per heavy atom. The van der Waals surface area contributed by atoms with Gasteiger partial charge in [-0.3, -0.25) is 0 Å². The average molecular weight is 484 g/mol. The number of ether oxygens (including phenoxy) is 2. The number of hydrogen-bond donors (Lipinski definition) is 1. The minimum absolute atomic E-state index is 0.413. The number of nitrogens with zero attached hydrogens (tertiary/aromatic N) is 4. The summed E-state index contributed by atoms with van der Waals surface area (Å²) in [6.07, 6.45) is 0. The molecular formula is C28H29N5O3. The van der Waals surface area contributed by atoms with Crippen LogP contribution in [0, 0.1) is 0 Å². The highest BCUT2D eigenvalue weighted by Gasteiger charge is 2.54. The Labute approximate surface area is 209 Å². The maximum Gasteiger partial charge on any atom is 0.342 e. The van der Waals surface area contributed by atoms with Crippen molar-refractivity contribution in [1.82, 2.24) is 15.4 Å². The van der Waals surface area contributed by atoms with Crippen LogP contribution in [0.1, 0.15) is 54.7 Å². The number of hydrogen-bond acceptors (Lipinski definition) is 7. The van der Waals surface area contributed by atoms with Crippen LogP contribution in [0.2, 0.25) is 0 Å². The van der Waals surface area contributed by atoms with Gasteiger partial charge in [-0.05, 0) is 58.0 Å². The second kappa shape index (κ2) is 8.26. The Morgan fingerprint density at radius 1 is 0.778 bits per heavy atom. The van der Waals surface area contributed by atoms with E-state index in [0.29, 0.717) is 28.1 Å². The first-order chi connectivity index (χ1) is 17.5. The first kappa shape index (κ1) is 22.4.